The molecule has 1 heterocycles. The van der Waals surface area contributed by atoms with Crippen molar-refractivity contribution in [3.05, 3.63) is 42.2 Å². The van der Waals surface area contributed by atoms with Crippen LogP contribution in [-0.4, -0.2) is 11.5 Å². The average molecular weight is 268 g/mol. The monoisotopic (exact) mass is 268 g/mol. The lowest BCUT2D eigenvalue weighted by Crippen LogP contribution is -2.29. The first kappa shape index (κ1) is 13.6. The van der Waals surface area contributed by atoms with Crippen LogP contribution < -0.4 is 5.32 Å². The molecule has 2 nitrogen and oxygen atoms in total. The first-order chi connectivity index (χ1) is 9.84. The minimum absolute atomic E-state index is 0.861. The zero-order valence-electron chi connectivity index (χ0n) is 12.3. The first-order valence-corrected chi connectivity index (χ1v) is 7.87. The fraction of sp³-hybridized carbons (Fsp3) is 0.500. The molecule has 0 spiro atoms. The van der Waals surface area contributed by atoms with Crippen LogP contribution in [0.4, 0.5) is 0 Å². The van der Waals surface area contributed by atoms with Gasteiger partial charge in [-0.05, 0) is 41.8 Å². The van der Waals surface area contributed by atoms with E-state index in [4.69, 9.17) is 0 Å². The van der Waals surface area contributed by atoms with Gasteiger partial charge in [-0.1, -0.05) is 44.4 Å². The summed E-state index contributed by atoms with van der Waals surface area (Å²) in [6, 6.07) is 8.61. The molecule has 1 aliphatic rings. The van der Waals surface area contributed by atoms with E-state index >= 15 is 0 Å². The van der Waals surface area contributed by atoms with Gasteiger partial charge >= 0.3 is 0 Å². The number of rotatable bonds is 4. The number of benzene rings is 1. The molecule has 106 valence electrons. The molecule has 0 amide bonds. The van der Waals surface area contributed by atoms with E-state index in [9.17, 15) is 0 Å². The summed E-state index contributed by atoms with van der Waals surface area (Å²) in [5, 5.41) is 6.23. The van der Waals surface area contributed by atoms with Crippen molar-refractivity contribution in [1.82, 2.24) is 10.3 Å². The van der Waals surface area contributed by atoms with E-state index in [1.54, 1.807) is 0 Å². The molecule has 1 fully saturated rings. The third kappa shape index (κ3) is 3.01. The maximum atomic E-state index is 4.20. The molecule has 0 saturated heterocycles. The average Bonchev–Trinajstić information content (AvgIpc) is 2.49. The van der Waals surface area contributed by atoms with Crippen LogP contribution in [0.1, 0.15) is 38.2 Å². The molecule has 1 aliphatic carbocycles. The molecule has 1 aromatic carbocycles. The zero-order valence-corrected chi connectivity index (χ0v) is 12.3. The number of hydrogen-bond acceptors (Lipinski definition) is 2. The van der Waals surface area contributed by atoms with E-state index in [1.165, 1.54) is 42.0 Å². The second-order valence-corrected chi connectivity index (χ2v) is 6.17. The highest BCUT2D eigenvalue weighted by Crippen LogP contribution is 2.29. The number of hydrogen-bond donors (Lipinski definition) is 1. The number of nitrogens with one attached hydrogen (secondary N) is 1. The fourth-order valence-electron chi connectivity index (χ4n) is 3.43. The van der Waals surface area contributed by atoms with Crippen LogP contribution in [0.25, 0.3) is 10.8 Å². The second-order valence-electron chi connectivity index (χ2n) is 6.17. The van der Waals surface area contributed by atoms with E-state index in [1.807, 2.05) is 12.4 Å². The molecule has 0 bridgehead atoms. The fourth-order valence-corrected chi connectivity index (χ4v) is 3.43. The van der Waals surface area contributed by atoms with Gasteiger partial charge < -0.3 is 5.32 Å². The minimum atomic E-state index is 0.861. The van der Waals surface area contributed by atoms with E-state index in [-0.39, 0.29) is 0 Å². The summed E-state index contributed by atoms with van der Waals surface area (Å²) in [5.74, 6) is 1.74. The van der Waals surface area contributed by atoms with E-state index in [0.717, 1.165) is 24.9 Å². The molecular formula is C18H24N2. The highest BCUT2D eigenvalue weighted by molar-refractivity contribution is 5.84. The Bertz CT molecular complexity index is 559. The normalized spacial score (nSPS) is 23.1. The van der Waals surface area contributed by atoms with Crippen LogP contribution in [0.2, 0.25) is 0 Å². The quantitative estimate of drug-likeness (QED) is 0.901. The second kappa shape index (κ2) is 6.36. The van der Waals surface area contributed by atoms with Crippen LogP contribution in [0.15, 0.2) is 36.7 Å². The topological polar surface area (TPSA) is 24.9 Å². The first-order valence-electron chi connectivity index (χ1n) is 7.87. The van der Waals surface area contributed by atoms with Crippen molar-refractivity contribution in [2.24, 2.45) is 11.8 Å². The van der Waals surface area contributed by atoms with Crippen LogP contribution in [0.5, 0.6) is 0 Å². The van der Waals surface area contributed by atoms with Crippen LogP contribution in [0, 0.1) is 11.8 Å². The van der Waals surface area contributed by atoms with E-state index in [0.29, 0.717) is 0 Å². The van der Waals surface area contributed by atoms with Gasteiger partial charge in [-0.15, -0.1) is 0 Å². The molecule has 3 rings (SSSR count). The molecule has 1 aromatic heterocycles. The molecule has 2 heteroatoms. The Morgan fingerprint density at radius 2 is 2.10 bits per heavy atom. The van der Waals surface area contributed by atoms with Gasteiger partial charge in [-0.3, -0.25) is 4.98 Å². The maximum absolute atomic E-state index is 4.20. The van der Waals surface area contributed by atoms with Gasteiger partial charge in [0.1, 0.15) is 0 Å². The van der Waals surface area contributed by atoms with Crippen molar-refractivity contribution in [3.63, 3.8) is 0 Å². The van der Waals surface area contributed by atoms with Crippen molar-refractivity contribution in [2.45, 2.75) is 39.2 Å². The van der Waals surface area contributed by atoms with Gasteiger partial charge in [-0.25, -0.2) is 0 Å². The summed E-state index contributed by atoms with van der Waals surface area (Å²) in [6.07, 6.45) is 9.47. The van der Waals surface area contributed by atoms with Crippen LogP contribution in [0.3, 0.4) is 0 Å². The number of fused-ring (bicyclic) bond motifs is 1. The summed E-state index contributed by atoms with van der Waals surface area (Å²) in [5.41, 5.74) is 1.38. The molecular weight excluding hydrogens is 244 g/mol. The van der Waals surface area contributed by atoms with Gasteiger partial charge in [-0.2, -0.15) is 0 Å². The van der Waals surface area contributed by atoms with Gasteiger partial charge in [0.25, 0.3) is 0 Å². The van der Waals surface area contributed by atoms with E-state index in [2.05, 4.69) is 41.5 Å². The Hall–Kier alpha value is -1.41. The Balaban J connectivity index is 1.62. The van der Waals surface area contributed by atoms with Gasteiger partial charge in [0.05, 0.1) is 0 Å². The Morgan fingerprint density at radius 3 is 3.00 bits per heavy atom. The third-order valence-electron chi connectivity index (χ3n) is 4.78. The zero-order chi connectivity index (χ0) is 13.8. The molecule has 2 atom stereocenters. The van der Waals surface area contributed by atoms with E-state index < -0.39 is 0 Å². The summed E-state index contributed by atoms with van der Waals surface area (Å²) in [4.78, 5) is 4.20. The van der Waals surface area contributed by atoms with Crippen molar-refractivity contribution in [1.29, 1.82) is 0 Å². The lowest BCUT2D eigenvalue weighted by atomic mass is 9.80. The number of pyridine rings is 1. The van der Waals surface area contributed by atoms with Crippen molar-refractivity contribution in [3.8, 4) is 0 Å². The molecule has 1 N–H and O–H groups in total. The Labute approximate surface area is 121 Å². The molecule has 2 unspecified atom stereocenters. The molecule has 0 radical (unpaired) electrons. The van der Waals surface area contributed by atoms with Crippen LogP contribution in [-0.2, 0) is 6.54 Å². The third-order valence-corrected chi connectivity index (χ3v) is 4.78. The SMILES string of the molecule is CC1CCCCC1CNCc1cccc2cnccc12. The van der Waals surface area contributed by atoms with Crippen molar-refractivity contribution >= 4 is 10.8 Å². The highest BCUT2D eigenvalue weighted by atomic mass is 14.9. The lowest BCUT2D eigenvalue weighted by molar-refractivity contribution is 0.248. The highest BCUT2D eigenvalue weighted by Gasteiger charge is 2.20. The van der Waals surface area contributed by atoms with Crippen molar-refractivity contribution < 1.29 is 0 Å². The molecule has 20 heavy (non-hydrogen) atoms. The lowest BCUT2D eigenvalue weighted by Gasteiger charge is -2.29. The molecule has 0 aliphatic heterocycles. The Morgan fingerprint density at radius 1 is 1.20 bits per heavy atom. The summed E-state index contributed by atoms with van der Waals surface area (Å²) in [6.45, 7) is 4.53. The maximum Gasteiger partial charge on any atom is 0.0346 e. The number of nitrogens with zero attached hydrogens (tertiary/aromatic N) is 1. The van der Waals surface area contributed by atoms with Gasteiger partial charge in [0.15, 0.2) is 0 Å². The van der Waals surface area contributed by atoms with Crippen molar-refractivity contribution in [2.75, 3.05) is 6.54 Å². The summed E-state index contributed by atoms with van der Waals surface area (Å²) < 4.78 is 0. The predicted octanol–water partition coefficient (Wildman–Crippen LogP) is 4.15. The smallest absolute Gasteiger partial charge is 0.0346 e. The molecule has 2 aromatic rings. The molecule has 1 saturated carbocycles. The number of aromatic nitrogens is 1. The van der Waals surface area contributed by atoms with Crippen LogP contribution >= 0.6 is 0 Å². The minimum Gasteiger partial charge on any atom is -0.312 e. The van der Waals surface area contributed by atoms with Gasteiger partial charge in [0.2, 0.25) is 0 Å². The predicted molar refractivity (Wildman–Crippen MR) is 84.6 cm³/mol. The summed E-state index contributed by atoms with van der Waals surface area (Å²) in [7, 11) is 0. The standard InChI is InChI=1S/C18H24N2/c1-14-5-2-3-6-15(14)11-20-13-17-8-4-7-16-12-19-10-9-18(16)17/h4,7-10,12,14-15,20H,2-3,5-6,11,13H2,1H3. The Kier molecular flexibility index (Phi) is 4.31. The summed E-state index contributed by atoms with van der Waals surface area (Å²) >= 11 is 0. The van der Waals surface area contributed by atoms with Gasteiger partial charge in [0, 0.05) is 24.3 Å². The largest absolute Gasteiger partial charge is 0.312 e.